The minimum Gasteiger partial charge on any atom is -0.443 e. The summed E-state index contributed by atoms with van der Waals surface area (Å²) in [5, 5.41) is 0. The molecule has 0 spiro atoms. The molecule has 1 aromatic carbocycles. The zero-order valence-electron chi connectivity index (χ0n) is 13.2. The van der Waals surface area contributed by atoms with Crippen LogP contribution in [0.1, 0.15) is 38.2 Å². The molecule has 1 aromatic heterocycles. The van der Waals surface area contributed by atoms with Crippen LogP contribution in [0.2, 0.25) is 0 Å². The predicted molar refractivity (Wildman–Crippen MR) is 89.6 cm³/mol. The van der Waals surface area contributed by atoms with Gasteiger partial charge in [0, 0.05) is 24.5 Å². The molecule has 3 rings (SSSR count). The third-order valence-electron chi connectivity index (χ3n) is 3.94. The van der Waals surface area contributed by atoms with Crippen LogP contribution >= 0.6 is 11.3 Å². The molecule has 2 aromatic rings. The third kappa shape index (κ3) is 3.29. The summed E-state index contributed by atoms with van der Waals surface area (Å²) in [7, 11) is 3.32. The average Bonchev–Trinajstić information content (AvgIpc) is 3.14. The summed E-state index contributed by atoms with van der Waals surface area (Å²) in [6.07, 6.45) is 2.31. The van der Waals surface area contributed by atoms with Crippen molar-refractivity contribution in [2.45, 2.75) is 25.4 Å². The lowest BCUT2D eigenvalue weighted by molar-refractivity contribution is -0.138. The SMILES string of the molecule is CN(C)C(=O)C(OC(=O)c1cc2c(s1)CCC2)c1ccccc1. The molecular weight excluding hydrogens is 310 g/mol. The summed E-state index contributed by atoms with van der Waals surface area (Å²) >= 11 is 1.49. The number of nitrogens with zero attached hydrogens (tertiary/aromatic N) is 1. The van der Waals surface area contributed by atoms with Crippen LogP contribution in [0.4, 0.5) is 0 Å². The molecule has 0 radical (unpaired) electrons. The fourth-order valence-electron chi connectivity index (χ4n) is 2.72. The first-order chi connectivity index (χ1) is 11.1. The molecule has 0 saturated heterocycles. The van der Waals surface area contributed by atoms with E-state index < -0.39 is 12.1 Å². The second kappa shape index (κ2) is 6.54. The summed E-state index contributed by atoms with van der Waals surface area (Å²) in [6, 6.07) is 11.0. The van der Waals surface area contributed by atoms with Gasteiger partial charge < -0.3 is 9.64 Å². The second-order valence-corrected chi connectivity index (χ2v) is 6.98. The molecule has 4 nitrogen and oxygen atoms in total. The highest BCUT2D eigenvalue weighted by molar-refractivity contribution is 7.14. The fourth-order valence-corrected chi connectivity index (χ4v) is 3.85. The highest BCUT2D eigenvalue weighted by atomic mass is 32.1. The molecule has 5 heteroatoms. The molecule has 1 unspecified atom stereocenters. The lowest BCUT2D eigenvalue weighted by Gasteiger charge is -2.20. The normalized spacial score (nSPS) is 14.2. The van der Waals surface area contributed by atoms with Crippen molar-refractivity contribution in [1.82, 2.24) is 4.90 Å². The molecule has 1 aliphatic carbocycles. The summed E-state index contributed by atoms with van der Waals surface area (Å²) in [5.74, 6) is -0.665. The van der Waals surface area contributed by atoms with E-state index in [1.54, 1.807) is 26.2 Å². The molecule has 1 atom stereocenters. The van der Waals surface area contributed by atoms with E-state index in [9.17, 15) is 9.59 Å². The van der Waals surface area contributed by atoms with E-state index in [2.05, 4.69) is 0 Å². The van der Waals surface area contributed by atoms with Crippen molar-refractivity contribution in [3.63, 3.8) is 0 Å². The average molecular weight is 329 g/mol. The van der Waals surface area contributed by atoms with Gasteiger partial charge in [-0.15, -0.1) is 11.3 Å². The molecule has 0 N–H and O–H groups in total. The number of hydrogen-bond acceptors (Lipinski definition) is 4. The molecule has 0 saturated carbocycles. The van der Waals surface area contributed by atoms with E-state index in [0.717, 1.165) is 19.3 Å². The van der Waals surface area contributed by atoms with Gasteiger partial charge in [0.05, 0.1) is 0 Å². The largest absolute Gasteiger partial charge is 0.443 e. The quantitative estimate of drug-likeness (QED) is 0.809. The first-order valence-corrected chi connectivity index (χ1v) is 8.46. The smallest absolute Gasteiger partial charge is 0.349 e. The molecule has 0 bridgehead atoms. The number of esters is 1. The topological polar surface area (TPSA) is 46.6 Å². The Bertz CT molecular complexity index is 700. The minimum atomic E-state index is -0.907. The van der Waals surface area contributed by atoms with E-state index in [-0.39, 0.29) is 5.91 Å². The zero-order valence-corrected chi connectivity index (χ0v) is 14.1. The summed E-state index contributed by atoms with van der Waals surface area (Å²) in [5.41, 5.74) is 1.93. The Hall–Kier alpha value is -2.14. The number of likely N-dealkylation sites (N-methyl/N-ethyl adjacent to an activating group) is 1. The van der Waals surface area contributed by atoms with Crippen LogP contribution in [0.25, 0.3) is 0 Å². The summed E-state index contributed by atoms with van der Waals surface area (Å²) in [6.45, 7) is 0. The van der Waals surface area contributed by atoms with Gasteiger partial charge in [-0.25, -0.2) is 4.79 Å². The van der Waals surface area contributed by atoms with Crippen molar-refractivity contribution in [1.29, 1.82) is 0 Å². The number of benzene rings is 1. The Balaban J connectivity index is 1.82. The van der Waals surface area contributed by atoms with Crippen molar-refractivity contribution >= 4 is 23.2 Å². The number of hydrogen-bond donors (Lipinski definition) is 0. The van der Waals surface area contributed by atoms with Gasteiger partial charge in [-0.3, -0.25) is 4.79 Å². The Morgan fingerprint density at radius 2 is 1.91 bits per heavy atom. The third-order valence-corrected chi connectivity index (χ3v) is 5.16. The summed E-state index contributed by atoms with van der Waals surface area (Å²) < 4.78 is 5.56. The Kier molecular flexibility index (Phi) is 4.48. The zero-order chi connectivity index (χ0) is 16.4. The van der Waals surface area contributed by atoms with Crippen molar-refractivity contribution < 1.29 is 14.3 Å². The summed E-state index contributed by atoms with van der Waals surface area (Å²) in [4.78, 5) is 28.2. The van der Waals surface area contributed by atoms with E-state index in [1.807, 2.05) is 24.3 Å². The molecule has 23 heavy (non-hydrogen) atoms. The van der Waals surface area contributed by atoms with Crippen molar-refractivity contribution in [2.24, 2.45) is 0 Å². The van der Waals surface area contributed by atoms with Crippen LogP contribution in [0.15, 0.2) is 36.4 Å². The van der Waals surface area contributed by atoms with Gasteiger partial charge in [0.25, 0.3) is 5.91 Å². The van der Waals surface area contributed by atoms with Gasteiger partial charge in [-0.1, -0.05) is 30.3 Å². The highest BCUT2D eigenvalue weighted by Gasteiger charge is 2.28. The number of thiophene rings is 1. The lowest BCUT2D eigenvalue weighted by atomic mass is 10.1. The number of aryl methyl sites for hydroxylation is 2. The number of rotatable bonds is 4. The van der Waals surface area contributed by atoms with Gasteiger partial charge in [0.1, 0.15) is 4.88 Å². The number of carbonyl (C=O) groups is 2. The maximum atomic E-state index is 12.5. The van der Waals surface area contributed by atoms with Gasteiger partial charge in [-0.2, -0.15) is 0 Å². The first kappa shape index (κ1) is 15.7. The van der Waals surface area contributed by atoms with Gasteiger partial charge in [0.2, 0.25) is 6.10 Å². The minimum absolute atomic E-state index is 0.242. The Morgan fingerprint density at radius 1 is 1.17 bits per heavy atom. The van der Waals surface area contributed by atoms with Gasteiger partial charge in [0.15, 0.2) is 0 Å². The Morgan fingerprint density at radius 3 is 2.57 bits per heavy atom. The van der Waals surface area contributed by atoms with Gasteiger partial charge >= 0.3 is 5.97 Å². The number of carbonyl (C=O) groups excluding carboxylic acids is 2. The number of fused-ring (bicyclic) bond motifs is 1. The maximum Gasteiger partial charge on any atom is 0.349 e. The van der Waals surface area contributed by atoms with Crippen molar-refractivity contribution in [3.05, 3.63) is 57.3 Å². The van der Waals surface area contributed by atoms with E-state index in [1.165, 1.54) is 26.7 Å². The highest BCUT2D eigenvalue weighted by Crippen LogP contribution is 2.32. The number of ether oxygens (including phenoxy) is 1. The van der Waals surface area contributed by atoms with Crippen LogP contribution in [0, 0.1) is 0 Å². The number of amides is 1. The molecular formula is C18H19NO3S. The molecule has 1 amide bonds. The monoisotopic (exact) mass is 329 g/mol. The van der Waals surface area contributed by atoms with Crippen LogP contribution < -0.4 is 0 Å². The predicted octanol–water partition coefficient (Wildman–Crippen LogP) is 3.22. The van der Waals surface area contributed by atoms with E-state index >= 15 is 0 Å². The fraction of sp³-hybridized carbons (Fsp3) is 0.333. The molecule has 0 aliphatic heterocycles. The lowest BCUT2D eigenvalue weighted by Crippen LogP contribution is -2.31. The van der Waals surface area contributed by atoms with Crippen LogP contribution in [0.3, 0.4) is 0 Å². The standard InChI is InChI=1S/C18H19NO3S/c1-19(2)17(20)16(12-7-4-3-5-8-12)22-18(21)15-11-13-9-6-10-14(13)23-15/h3-5,7-8,11,16H,6,9-10H2,1-2H3. The van der Waals surface area contributed by atoms with Crippen LogP contribution in [-0.4, -0.2) is 30.9 Å². The van der Waals surface area contributed by atoms with Crippen LogP contribution in [0.5, 0.6) is 0 Å². The van der Waals surface area contributed by atoms with Crippen molar-refractivity contribution in [2.75, 3.05) is 14.1 Å². The van der Waals surface area contributed by atoms with Crippen LogP contribution in [-0.2, 0) is 22.4 Å². The molecule has 0 fully saturated rings. The molecule has 1 heterocycles. The van der Waals surface area contributed by atoms with E-state index in [0.29, 0.717) is 10.4 Å². The molecule has 1 aliphatic rings. The Labute approximate surface area is 139 Å². The second-order valence-electron chi connectivity index (χ2n) is 5.84. The van der Waals surface area contributed by atoms with E-state index in [4.69, 9.17) is 4.74 Å². The molecule has 120 valence electrons. The maximum absolute atomic E-state index is 12.5. The van der Waals surface area contributed by atoms with Crippen molar-refractivity contribution in [3.8, 4) is 0 Å². The van der Waals surface area contributed by atoms with Gasteiger partial charge in [-0.05, 0) is 30.9 Å². The first-order valence-electron chi connectivity index (χ1n) is 7.65.